The molecule has 0 fully saturated rings. The molecule has 1 heterocycles. The van der Waals surface area contributed by atoms with Crippen LogP contribution in [-0.4, -0.2) is 35.1 Å². The molecule has 1 N–H and O–H groups in total. The molecular weight excluding hydrogens is 334 g/mol. The first-order valence-corrected chi connectivity index (χ1v) is 7.94. The van der Waals surface area contributed by atoms with Crippen LogP contribution in [0.15, 0.2) is 54.9 Å². The van der Waals surface area contributed by atoms with Gasteiger partial charge in [-0.05, 0) is 31.2 Å². The summed E-state index contributed by atoms with van der Waals surface area (Å²) in [5.74, 6) is -0.586. The Balaban J connectivity index is 1.73. The number of carbonyl (C=O) groups excluding carboxylic acids is 2. The molecule has 0 aliphatic rings. The molecule has 0 spiro atoms. The third kappa shape index (κ3) is 3.61. The van der Waals surface area contributed by atoms with Gasteiger partial charge in [-0.25, -0.2) is 4.79 Å². The second kappa shape index (κ2) is 7.60. The summed E-state index contributed by atoms with van der Waals surface area (Å²) in [4.78, 5) is 33.1. The second-order valence-electron chi connectivity index (χ2n) is 5.47. The van der Waals surface area contributed by atoms with E-state index in [0.717, 1.165) is 0 Å². The molecule has 0 aliphatic carbocycles. The fourth-order valence-electron chi connectivity index (χ4n) is 2.42. The number of esters is 1. The van der Waals surface area contributed by atoms with Gasteiger partial charge in [0.05, 0.1) is 23.9 Å². The molecule has 7 nitrogen and oxygen atoms in total. The number of hydrogen-bond acceptors (Lipinski definition) is 6. The maximum absolute atomic E-state index is 12.5. The number of amides is 1. The third-order valence-corrected chi connectivity index (χ3v) is 3.74. The molecule has 3 rings (SSSR count). The summed E-state index contributed by atoms with van der Waals surface area (Å²) < 4.78 is 10.5. The SMILES string of the molecule is COc1ccccc1NC(=O)C(C)OC(=O)c1cccc2nccnc12. The fourth-order valence-corrected chi connectivity index (χ4v) is 2.42. The van der Waals surface area contributed by atoms with Gasteiger partial charge in [0.15, 0.2) is 6.10 Å². The van der Waals surface area contributed by atoms with Crippen molar-refractivity contribution in [1.29, 1.82) is 0 Å². The van der Waals surface area contributed by atoms with Gasteiger partial charge in [0.25, 0.3) is 5.91 Å². The van der Waals surface area contributed by atoms with Crippen molar-refractivity contribution in [2.24, 2.45) is 0 Å². The molecule has 1 amide bonds. The largest absolute Gasteiger partial charge is 0.495 e. The highest BCUT2D eigenvalue weighted by Crippen LogP contribution is 2.23. The van der Waals surface area contributed by atoms with Gasteiger partial charge in [-0.1, -0.05) is 18.2 Å². The number of para-hydroxylation sites is 3. The molecule has 0 radical (unpaired) electrons. The van der Waals surface area contributed by atoms with Crippen LogP contribution >= 0.6 is 0 Å². The molecule has 26 heavy (non-hydrogen) atoms. The van der Waals surface area contributed by atoms with E-state index in [1.54, 1.807) is 48.7 Å². The van der Waals surface area contributed by atoms with Crippen LogP contribution in [0.4, 0.5) is 5.69 Å². The minimum Gasteiger partial charge on any atom is -0.495 e. The number of ether oxygens (including phenoxy) is 2. The number of benzene rings is 2. The van der Waals surface area contributed by atoms with Gasteiger partial charge in [-0.3, -0.25) is 14.8 Å². The van der Waals surface area contributed by atoms with Crippen molar-refractivity contribution in [3.63, 3.8) is 0 Å². The van der Waals surface area contributed by atoms with Crippen LogP contribution < -0.4 is 10.1 Å². The minimum atomic E-state index is -1.00. The van der Waals surface area contributed by atoms with Crippen molar-refractivity contribution in [3.8, 4) is 5.75 Å². The lowest BCUT2D eigenvalue weighted by Crippen LogP contribution is -2.30. The highest BCUT2D eigenvalue weighted by Gasteiger charge is 2.21. The first-order valence-electron chi connectivity index (χ1n) is 7.94. The van der Waals surface area contributed by atoms with E-state index in [-0.39, 0.29) is 5.56 Å². The fraction of sp³-hybridized carbons (Fsp3) is 0.158. The number of fused-ring (bicyclic) bond motifs is 1. The second-order valence-corrected chi connectivity index (χ2v) is 5.47. The summed E-state index contributed by atoms with van der Waals surface area (Å²) in [6, 6.07) is 12.0. The summed E-state index contributed by atoms with van der Waals surface area (Å²) in [7, 11) is 1.51. The Morgan fingerprint density at radius 2 is 1.81 bits per heavy atom. The predicted octanol–water partition coefficient (Wildman–Crippen LogP) is 2.82. The first kappa shape index (κ1) is 17.3. The molecule has 3 aromatic rings. The van der Waals surface area contributed by atoms with E-state index in [1.807, 2.05) is 0 Å². The van der Waals surface area contributed by atoms with Crippen LogP contribution in [0, 0.1) is 0 Å². The van der Waals surface area contributed by atoms with Crippen molar-refractivity contribution in [1.82, 2.24) is 9.97 Å². The molecule has 132 valence electrons. The van der Waals surface area contributed by atoms with Gasteiger partial charge in [0.1, 0.15) is 11.3 Å². The maximum atomic E-state index is 12.5. The van der Waals surface area contributed by atoms with Gasteiger partial charge < -0.3 is 14.8 Å². The lowest BCUT2D eigenvalue weighted by Gasteiger charge is -2.15. The van der Waals surface area contributed by atoms with Crippen LogP contribution in [0.25, 0.3) is 11.0 Å². The van der Waals surface area contributed by atoms with Gasteiger partial charge in [-0.2, -0.15) is 0 Å². The van der Waals surface area contributed by atoms with Crippen molar-refractivity contribution in [2.75, 3.05) is 12.4 Å². The molecule has 1 aromatic heterocycles. The average molecular weight is 351 g/mol. The van der Waals surface area contributed by atoms with Gasteiger partial charge in [-0.15, -0.1) is 0 Å². The highest BCUT2D eigenvalue weighted by atomic mass is 16.5. The van der Waals surface area contributed by atoms with E-state index in [0.29, 0.717) is 22.5 Å². The van der Waals surface area contributed by atoms with E-state index in [2.05, 4.69) is 15.3 Å². The van der Waals surface area contributed by atoms with Crippen LogP contribution in [0.1, 0.15) is 17.3 Å². The lowest BCUT2D eigenvalue weighted by atomic mass is 10.2. The van der Waals surface area contributed by atoms with Gasteiger partial charge in [0.2, 0.25) is 0 Å². The Bertz CT molecular complexity index is 953. The number of hydrogen-bond donors (Lipinski definition) is 1. The van der Waals surface area contributed by atoms with Gasteiger partial charge >= 0.3 is 5.97 Å². The summed E-state index contributed by atoms with van der Waals surface area (Å²) >= 11 is 0. The Labute approximate surface area is 150 Å². The van der Waals surface area contributed by atoms with E-state index in [4.69, 9.17) is 9.47 Å². The Kier molecular flexibility index (Phi) is 5.07. The van der Waals surface area contributed by atoms with Crippen molar-refractivity contribution in [3.05, 3.63) is 60.4 Å². The Hall–Kier alpha value is -3.48. The van der Waals surface area contributed by atoms with Crippen LogP contribution in [-0.2, 0) is 9.53 Å². The molecule has 0 aliphatic heterocycles. The zero-order valence-corrected chi connectivity index (χ0v) is 14.3. The van der Waals surface area contributed by atoms with E-state index < -0.39 is 18.0 Å². The summed E-state index contributed by atoms with van der Waals surface area (Å²) in [5.41, 5.74) is 1.76. The summed E-state index contributed by atoms with van der Waals surface area (Å²) in [6.07, 6.45) is 2.04. The Morgan fingerprint density at radius 3 is 2.62 bits per heavy atom. The first-order chi connectivity index (χ1) is 12.6. The predicted molar refractivity (Wildman–Crippen MR) is 96.0 cm³/mol. The van der Waals surface area contributed by atoms with Crippen LogP contribution in [0.2, 0.25) is 0 Å². The zero-order valence-electron chi connectivity index (χ0n) is 14.3. The number of methoxy groups -OCH3 is 1. The number of aromatic nitrogens is 2. The van der Waals surface area contributed by atoms with E-state index in [9.17, 15) is 9.59 Å². The number of rotatable bonds is 5. The average Bonchev–Trinajstić information content (AvgIpc) is 2.67. The monoisotopic (exact) mass is 351 g/mol. The number of anilines is 1. The topological polar surface area (TPSA) is 90.4 Å². The number of nitrogens with one attached hydrogen (secondary N) is 1. The van der Waals surface area contributed by atoms with E-state index >= 15 is 0 Å². The molecule has 0 saturated heterocycles. The standard InChI is InChI=1S/C19H17N3O4/c1-12(18(23)22-14-7-3-4-9-16(14)25-2)26-19(24)13-6-5-8-15-17(13)21-11-10-20-15/h3-12H,1-2H3,(H,22,23). The highest BCUT2D eigenvalue weighted by molar-refractivity contribution is 6.03. The zero-order chi connectivity index (χ0) is 18.5. The minimum absolute atomic E-state index is 0.257. The van der Waals surface area contributed by atoms with Crippen molar-refractivity contribution >= 4 is 28.6 Å². The lowest BCUT2D eigenvalue weighted by molar-refractivity contribution is -0.123. The van der Waals surface area contributed by atoms with Crippen LogP contribution in [0.3, 0.4) is 0 Å². The van der Waals surface area contributed by atoms with Crippen molar-refractivity contribution in [2.45, 2.75) is 13.0 Å². The molecular formula is C19H17N3O4. The maximum Gasteiger partial charge on any atom is 0.341 e. The molecule has 0 saturated carbocycles. The van der Waals surface area contributed by atoms with Gasteiger partial charge in [0, 0.05) is 12.4 Å². The molecule has 7 heteroatoms. The summed E-state index contributed by atoms with van der Waals surface area (Å²) in [6.45, 7) is 1.50. The molecule has 1 atom stereocenters. The number of carbonyl (C=O) groups is 2. The normalized spacial score (nSPS) is 11.6. The number of nitrogens with zero attached hydrogens (tertiary/aromatic N) is 2. The smallest absolute Gasteiger partial charge is 0.341 e. The quantitative estimate of drug-likeness (QED) is 0.711. The molecule has 1 unspecified atom stereocenters. The Morgan fingerprint density at radius 1 is 1.04 bits per heavy atom. The summed E-state index contributed by atoms with van der Waals surface area (Å²) in [5, 5.41) is 2.69. The molecule has 0 bridgehead atoms. The third-order valence-electron chi connectivity index (χ3n) is 3.74. The van der Waals surface area contributed by atoms with E-state index in [1.165, 1.54) is 20.2 Å². The van der Waals surface area contributed by atoms with Crippen molar-refractivity contribution < 1.29 is 19.1 Å². The molecule has 2 aromatic carbocycles. The van der Waals surface area contributed by atoms with Crippen LogP contribution in [0.5, 0.6) is 5.75 Å².